The molecular weight excluding hydrogens is 240 g/mol. The van der Waals surface area contributed by atoms with Gasteiger partial charge in [0.05, 0.1) is 5.38 Å². The van der Waals surface area contributed by atoms with E-state index in [1.165, 1.54) is 47.9 Å². The minimum absolute atomic E-state index is 0.0292. The van der Waals surface area contributed by atoms with Crippen LogP contribution in [0.2, 0.25) is 0 Å². The van der Waals surface area contributed by atoms with Gasteiger partial charge < -0.3 is 0 Å². The highest BCUT2D eigenvalue weighted by Gasteiger charge is 2.14. The van der Waals surface area contributed by atoms with E-state index in [0.717, 1.165) is 0 Å². The Hall–Kier alpha value is -1.27. The molecule has 3 rings (SSSR count). The third-order valence-corrected chi connectivity index (χ3v) is 4.26. The number of aryl methyl sites for hydroxylation is 2. The highest BCUT2D eigenvalue weighted by molar-refractivity contribution is 6.22. The number of hydrogen-bond donors (Lipinski definition) is 0. The maximum Gasteiger partial charge on any atom is 0.0835 e. The molecule has 0 bridgehead atoms. The average molecular weight is 257 g/mol. The summed E-state index contributed by atoms with van der Waals surface area (Å²) >= 11 is 6.57. The minimum Gasteiger partial charge on any atom is -0.113 e. The standard InChI is InChI=1S/C17H17Cl/c18-17(14-7-2-1-3-8-14)16-11-10-13-6-4-5-9-15(13)12-16/h1-3,7-8,10-12,17H,4-6,9H2. The molecule has 0 spiro atoms. The molecule has 1 aliphatic carbocycles. The largest absolute Gasteiger partial charge is 0.113 e. The molecule has 0 aromatic heterocycles. The Balaban J connectivity index is 1.93. The van der Waals surface area contributed by atoms with E-state index in [4.69, 9.17) is 11.6 Å². The maximum absolute atomic E-state index is 6.57. The number of rotatable bonds is 2. The molecule has 1 atom stereocenters. The number of hydrogen-bond acceptors (Lipinski definition) is 0. The van der Waals surface area contributed by atoms with Crippen molar-refractivity contribution in [3.05, 3.63) is 70.8 Å². The monoisotopic (exact) mass is 256 g/mol. The lowest BCUT2D eigenvalue weighted by Gasteiger charge is -2.18. The maximum atomic E-state index is 6.57. The highest BCUT2D eigenvalue weighted by atomic mass is 35.5. The second-order valence-corrected chi connectivity index (χ2v) is 5.44. The molecule has 0 N–H and O–H groups in total. The van der Waals surface area contributed by atoms with E-state index in [2.05, 4.69) is 30.3 Å². The van der Waals surface area contributed by atoms with Crippen LogP contribution in [0.25, 0.3) is 0 Å². The van der Waals surface area contributed by atoms with Gasteiger partial charge in [0.15, 0.2) is 0 Å². The van der Waals surface area contributed by atoms with Crippen molar-refractivity contribution in [2.75, 3.05) is 0 Å². The molecular formula is C17H17Cl. The van der Waals surface area contributed by atoms with Crippen LogP contribution in [0.15, 0.2) is 48.5 Å². The lowest BCUT2D eigenvalue weighted by molar-refractivity contribution is 0.684. The molecule has 0 fully saturated rings. The minimum atomic E-state index is -0.0292. The molecule has 0 heterocycles. The predicted molar refractivity (Wildman–Crippen MR) is 77.2 cm³/mol. The van der Waals surface area contributed by atoms with Gasteiger partial charge in [0.2, 0.25) is 0 Å². The Bertz CT molecular complexity index is 531. The quantitative estimate of drug-likeness (QED) is 0.671. The fraction of sp³-hybridized carbons (Fsp3) is 0.294. The van der Waals surface area contributed by atoms with Crippen molar-refractivity contribution in [2.24, 2.45) is 0 Å². The summed E-state index contributed by atoms with van der Waals surface area (Å²) in [6.07, 6.45) is 5.08. The second kappa shape index (κ2) is 5.16. The molecule has 18 heavy (non-hydrogen) atoms. The number of halogens is 1. The van der Waals surface area contributed by atoms with Crippen LogP contribution in [-0.2, 0) is 12.8 Å². The first-order chi connectivity index (χ1) is 8.84. The molecule has 2 aromatic carbocycles. The summed E-state index contributed by atoms with van der Waals surface area (Å²) < 4.78 is 0. The van der Waals surface area contributed by atoms with Crippen LogP contribution in [0, 0.1) is 0 Å². The van der Waals surface area contributed by atoms with E-state index < -0.39 is 0 Å². The molecule has 0 aliphatic heterocycles. The van der Waals surface area contributed by atoms with Crippen molar-refractivity contribution in [3.8, 4) is 0 Å². The second-order valence-electron chi connectivity index (χ2n) is 5.01. The highest BCUT2D eigenvalue weighted by Crippen LogP contribution is 2.31. The zero-order valence-corrected chi connectivity index (χ0v) is 11.2. The van der Waals surface area contributed by atoms with Gasteiger partial charge in [-0.05, 0) is 47.9 Å². The van der Waals surface area contributed by atoms with Crippen LogP contribution in [-0.4, -0.2) is 0 Å². The molecule has 0 saturated carbocycles. The van der Waals surface area contributed by atoms with Gasteiger partial charge in [-0.1, -0.05) is 48.5 Å². The van der Waals surface area contributed by atoms with Gasteiger partial charge >= 0.3 is 0 Å². The van der Waals surface area contributed by atoms with Crippen molar-refractivity contribution in [2.45, 2.75) is 31.1 Å². The van der Waals surface area contributed by atoms with Gasteiger partial charge in [0.25, 0.3) is 0 Å². The van der Waals surface area contributed by atoms with Gasteiger partial charge in [0.1, 0.15) is 0 Å². The zero-order valence-electron chi connectivity index (χ0n) is 10.4. The van der Waals surface area contributed by atoms with Crippen LogP contribution in [0.1, 0.15) is 40.5 Å². The van der Waals surface area contributed by atoms with Crippen LogP contribution < -0.4 is 0 Å². The predicted octanol–water partition coefficient (Wildman–Crippen LogP) is 4.89. The molecule has 0 nitrogen and oxygen atoms in total. The summed E-state index contributed by atoms with van der Waals surface area (Å²) in [4.78, 5) is 0. The molecule has 1 unspecified atom stereocenters. The Labute approximate surface area is 114 Å². The Morgan fingerprint density at radius 1 is 0.778 bits per heavy atom. The van der Waals surface area contributed by atoms with Gasteiger partial charge in [-0.25, -0.2) is 0 Å². The van der Waals surface area contributed by atoms with Crippen LogP contribution >= 0.6 is 11.6 Å². The summed E-state index contributed by atoms with van der Waals surface area (Å²) in [5.41, 5.74) is 5.42. The summed E-state index contributed by atoms with van der Waals surface area (Å²) in [6.45, 7) is 0. The first-order valence-electron chi connectivity index (χ1n) is 6.65. The van der Waals surface area contributed by atoms with Crippen molar-refractivity contribution in [1.82, 2.24) is 0 Å². The van der Waals surface area contributed by atoms with E-state index in [1.807, 2.05) is 18.2 Å². The van der Waals surface area contributed by atoms with Crippen molar-refractivity contribution < 1.29 is 0 Å². The van der Waals surface area contributed by atoms with E-state index in [0.29, 0.717) is 0 Å². The molecule has 0 saturated heterocycles. The van der Waals surface area contributed by atoms with E-state index >= 15 is 0 Å². The Morgan fingerprint density at radius 2 is 1.50 bits per heavy atom. The summed E-state index contributed by atoms with van der Waals surface area (Å²) in [5.74, 6) is 0. The lowest BCUT2D eigenvalue weighted by Crippen LogP contribution is -2.04. The number of fused-ring (bicyclic) bond motifs is 1. The number of benzene rings is 2. The van der Waals surface area contributed by atoms with Crippen LogP contribution in [0.4, 0.5) is 0 Å². The van der Waals surface area contributed by atoms with Gasteiger partial charge in [-0.2, -0.15) is 0 Å². The normalized spacial score (nSPS) is 16.1. The SMILES string of the molecule is ClC(c1ccccc1)c1ccc2c(c1)CCCC2. The summed E-state index contributed by atoms with van der Waals surface area (Å²) in [7, 11) is 0. The lowest BCUT2D eigenvalue weighted by atomic mass is 9.89. The Morgan fingerprint density at radius 3 is 2.28 bits per heavy atom. The first kappa shape index (κ1) is 11.8. The molecule has 1 aliphatic rings. The molecule has 92 valence electrons. The van der Waals surface area contributed by atoms with E-state index in [9.17, 15) is 0 Å². The van der Waals surface area contributed by atoms with Crippen LogP contribution in [0.5, 0.6) is 0 Å². The number of alkyl halides is 1. The third kappa shape index (κ3) is 2.30. The van der Waals surface area contributed by atoms with Gasteiger partial charge in [-0.3, -0.25) is 0 Å². The molecule has 2 aromatic rings. The zero-order chi connectivity index (χ0) is 12.4. The molecule has 1 heteroatoms. The van der Waals surface area contributed by atoms with E-state index in [1.54, 1.807) is 0 Å². The van der Waals surface area contributed by atoms with Gasteiger partial charge in [0, 0.05) is 0 Å². The first-order valence-corrected chi connectivity index (χ1v) is 7.09. The smallest absolute Gasteiger partial charge is 0.0835 e. The van der Waals surface area contributed by atoms with Crippen molar-refractivity contribution >= 4 is 11.6 Å². The van der Waals surface area contributed by atoms with Crippen LogP contribution in [0.3, 0.4) is 0 Å². The molecule has 0 radical (unpaired) electrons. The fourth-order valence-electron chi connectivity index (χ4n) is 2.73. The van der Waals surface area contributed by atoms with Gasteiger partial charge in [-0.15, -0.1) is 11.6 Å². The summed E-state index contributed by atoms with van der Waals surface area (Å²) in [6, 6.07) is 17.1. The van der Waals surface area contributed by atoms with E-state index in [-0.39, 0.29) is 5.38 Å². The van der Waals surface area contributed by atoms with Crippen molar-refractivity contribution in [1.29, 1.82) is 0 Å². The average Bonchev–Trinajstić information content (AvgIpc) is 2.47. The topological polar surface area (TPSA) is 0 Å². The fourth-order valence-corrected chi connectivity index (χ4v) is 3.01. The van der Waals surface area contributed by atoms with Crippen molar-refractivity contribution in [3.63, 3.8) is 0 Å². The molecule has 0 amide bonds. The summed E-state index contributed by atoms with van der Waals surface area (Å²) in [5, 5.41) is -0.0292. The third-order valence-electron chi connectivity index (χ3n) is 3.76. The Kier molecular flexibility index (Phi) is 3.38.